The second kappa shape index (κ2) is 5.69. The minimum atomic E-state index is -0.968. The molecule has 3 heterocycles. The van der Waals surface area contributed by atoms with Crippen molar-refractivity contribution in [3.8, 4) is 0 Å². The number of hydrogen-bond donors (Lipinski definition) is 3. The molecule has 0 unspecified atom stereocenters. The van der Waals surface area contributed by atoms with Crippen LogP contribution in [0.25, 0.3) is 11.0 Å². The second-order valence-corrected chi connectivity index (χ2v) is 5.22. The van der Waals surface area contributed by atoms with Crippen molar-refractivity contribution in [1.82, 2.24) is 20.1 Å². The molecule has 0 spiro atoms. The first-order valence-electron chi connectivity index (χ1n) is 7.25. The maximum Gasteiger partial charge on any atom is 0.339 e. The summed E-state index contributed by atoms with van der Waals surface area (Å²) in [7, 11) is 0. The maximum atomic E-state index is 11.5. The number of fused-ring (bicyclic) bond motifs is 1. The first-order valence-corrected chi connectivity index (χ1v) is 7.25. The molecule has 7 nitrogen and oxygen atoms in total. The van der Waals surface area contributed by atoms with Crippen LogP contribution in [-0.4, -0.2) is 45.0 Å². The summed E-state index contributed by atoms with van der Waals surface area (Å²) in [5.74, 6) is -0.968. The van der Waals surface area contributed by atoms with Crippen molar-refractivity contribution in [2.45, 2.75) is 32.4 Å². The molecule has 1 aliphatic rings. The molecule has 0 aliphatic carbocycles. The summed E-state index contributed by atoms with van der Waals surface area (Å²) in [4.78, 5) is 15.7. The predicted molar refractivity (Wildman–Crippen MR) is 79.7 cm³/mol. The lowest BCUT2D eigenvalue weighted by molar-refractivity contribution is 0.0697. The molecule has 0 bridgehead atoms. The number of aryl methyl sites for hydroxylation is 1. The molecule has 0 amide bonds. The molecule has 1 aliphatic heterocycles. The third-order valence-corrected chi connectivity index (χ3v) is 3.88. The molecule has 2 aromatic rings. The van der Waals surface area contributed by atoms with Gasteiger partial charge in [0, 0.05) is 18.8 Å². The normalized spacial score (nSPS) is 16.2. The number of nitrogens with zero attached hydrogens (tertiary/aromatic N) is 3. The molecule has 112 valence electrons. The van der Waals surface area contributed by atoms with E-state index in [4.69, 9.17) is 0 Å². The van der Waals surface area contributed by atoms with Crippen LogP contribution in [-0.2, 0) is 6.54 Å². The fraction of sp³-hybridized carbons (Fsp3) is 0.500. The molecule has 3 rings (SSSR count). The van der Waals surface area contributed by atoms with Crippen LogP contribution in [0.5, 0.6) is 0 Å². The number of piperidine rings is 1. The van der Waals surface area contributed by atoms with Gasteiger partial charge in [0.25, 0.3) is 0 Å². The zero-order chi connectivity index (χ0) is 14.8. The van der Waals surface area contributed by atoms with Crippen LogP contribution in [0.1, 0.15) is 30.1 Å². The van der Waals surface area contributed by atoms with E-state index in [1.807, 2.05) is 6.92 Å². The Labute approximate surface area is 122 Å². The zero-order valence-electron chi connectivity index (χ0n) is 12.0. The molecule has 0 saturated carbocycles. The molecule has 0 radical (unpaired) electrons. The van der Waals surface area contributed by atoms with Gasteiger partial charge in [0.1, 0.15) is 5.56 Å². The summed E-state index contributed by atoms with van der Waals surface area (Å²) in [6, 6.07) is 0.278. The summed E-state index contributed by atoms with van der Waals surface area (Å²) >= 11 is 0. The van der Waals surface area contributed by atoms with Crippen LogP contribution < -0.4 is 10.6 Å². The van der Waals surface area contributed by atoms with E-state index in [1.165, 1.54) is 6.20 Å². The third-order valence-electron chi connectivity index (χ3n) is 3.88. The van der Waals surface area contributed by atoms with Gasteiger partial charge < -0.3 is 15.7 Å². The molecule has 1 fully saturated rings. The summed E-state index contributed by atoms with van der Waals surface area (Å²) in [5, 5.41) is 21.1. The Balaban J connectivity index is 2.05. The number of pyridine rings is 1. The van der Waals surface area contributed by atoms with Crippen molar-refractivity contribution in [3.63, 3.8) is 0 Å². The number of hydrogen-bond acceptors (Lipinski definition) is 5. The van der Waals surface area contributed by atoms with Crippen molar-refractivity contribution in [1.29, 1.82) is 0 Å². The number of carboxylic acid groups (broad SMARTS) is 1. The molecule has 0 aromatic carbocycles. The van der Waals surface area contributed by atoms with Crippen LogP contribution >= 0.6 is 0 Å². The van der Waals surface area contributed by atoms with E-state index >= 15 is 0 Å². The Morgan fingerprint density at radius 2 is 2.24 bits per heavy atom. The molecular weight excluding hydrogens is 270 g/mol. The minimum absolute atomic E-state index is 0.205. The number of anilines is 1. The Morgan fingerprint density at radius 1 is 1.48 bits per heavy atom. The monoisotopic (exact) mass is 289 g/mol. The van der Waals surface area contributed by atoms with Crippen molar-refractivity contribution in [2.24, 2.45) is 0 Å². The van der Waals surface area contributed by atoms with Crippen LogP contribution in [0, 0.1) is 0 Å². The van der Waals surface area contributed by atoms with Crippen molar-refractivity contribution in [2.75, 3.05) is 18.4 Å². The van der Waals surface area contributed by atoms with Crippen LogP contribution in [0.4, 0.5) is 5.69 Å². The van der Waals surface area contributed by atoms with Gasteiger partial charge in [-0.25, -0.2) is 14.5 Å². The van der Waals surface area contributed by atoms with Gasteiger partial charge in [0.05, 0.1) is 17.3 Å². The SMILES string of the molecule is CCn1ncc2c(NC3CCNCC3)c(C(=O)O)cnc21. The van der Waals surface area contributed by atoms with E-state index < -0.39 is 5.97 Å². The quantitative estimate of drug-likeness (QED) is 0.786. The largest absolute Gasteiger partial charge is 0.478 e. The number of carboxylic acids is 1. The molecule has 3 N–H and O–H groups in total. The molecule has 1 saturated heterocycles. The van der Waals surface area contributed by atoms with Gasteiger partial charge in [-0.2, -0.15) is 5.10 Å². The van der Waals surface area contributed by atoms with Crippen LogP contribution in [0.15, 0.2) is 12.4 Å². The number of aromatic carboxylic acids is 1. The van der Waals surface area contributed by atoms with Gasteiger partial charge in [-0.15, -0.1) is 0 Å². The average molecular weight is 289 g/mol. The Hall–Kier alpha value is -2.15. The molecule has 7 heteroatoms. The van der Waals surface area contributed by atoms with E-state index in [-0.39, 0.29) is 11.6 Å². The second-order valence-electron chi connectivity index (χ2n) is 5.22. The molecule has 21 heavy (non-hydrogen) atoms. The highest BCUT2D eigenvalue weighted by Gasteiger charge is 2.21. The first-order chi connectivity index (χ1) is 10.2. The number of carbonyl (C=O) groups is 1. The summed E-state index contributed by atoms with van der Waals surface area (Å²) in [5.41, 5.74) is 1.56. The third kappa shape index (κ3) is 2.56. The van der Waals surface area contributed by atoms with Gasteiger partial charge in [0.15, 0.2) is 5.65 Å². The van der Waals surface area contributed by atoms with Crippen molar-refractivity contribution >= 4 is 22.7 Å². The highest BCUT2D eigenvalue weighted by atomic mass is 16.4. The van der Waals surface area contributed by atoms with Gasteiger partial charge >= 0.3 is 5.97 Å². The summed E-state index contributed by atoms with van der Waals surface area (Å²) < 4.78 is 1.77. The summed E-state index contributed by atoms with van der Waals surface area (Å²) in [6.45, 7) is 4.58. The van der Waals surface area contributed by atoms with Gasteiger partial charge in [-0.1, -0.05) is 0 Å². The zero-order valence-corrected chi connectivity index (χ0v) is 12.0. The molecule has 0 atom stereocenters. The van der Waals surface area contributed by atoms with Crippen LogP contribution in [0.3, 0.4) is 0 Å². The van der Waals surface area contributed by atoms with E-state index in [1.54, 1.807) is 10.9 Å². The maximum absolute atomic E-state index is 11.5. The lowest BCUT2D eigenvalue weighted by atomic mass is 10.0. The minimum Gasteiger partial charge on any atom is -0.478 e. The van der Waals surface area contributed by atoms with Crippen LogP contribution in [0.2, 0.25) is 0 Å². The average Bonchev–Trinajstić information content (AvgIpc) is 2.92. The topological polar surface area (TPSA) is 92.1 Å². The van der Waals surface area contributed by atoms with Gasteiger partial charge in [-0.05, 0) is 32.9 Å². The predicted octanol–water partition coefficient (Wildman–Crippen LogP) is 1.31. The van der Waals surface area contributed by atoms with E-state index in [0.717, 1.165) is 37.0 Å². The Morgan fingerprint density at radius 3 is 2.90 bits per heavy atom. The first kappa shape index (κ1) is 13.8. The van der Waals surface area contributed by atoms with Crippen molar-refractivity contribution in [3.05, 3.63) is 18.0 Å². The number of aromatic nitrogens is 3. The standard InChI is InChI=1S/C14H19N5O2/c1-2-19-13-10(8-17-19)12(11(7-16-13)14(20)21)18-9-3-5-15-6-4-9/h7-9,15H,2-6H2,1H3,(H,16,18)(H,20,21). The van der Waals surface area contributed by atoms with Gasteiger partial charge in [0.2, 0.25) is 0 Å². The molecular formula is C14H19N5O2. The number of rotatable bonds is 4. The van der Waals surface area contributed by atoms with E-state index in [9.17, 15) is 9.90 Å². The van der Waals surface area contributed by atoms with Crippen molar-refractivity contribution < 1.29 is 9.90 Å². The highest BCUT2D eigenvalue weighted by molar-refractivity contribution is 6.03. The lowest BCUT2D eigenvalue weighted by Crippen LogP contribution is -2.35. The molecule has 2 aromatic heterocycles. The smallest absolute Gasteiger partial charge is 0.339 e. The lowest BCUT2D eigenvalue weighted by Gasteiger charge is -2.25. The summed E-state index contributed by atoms with van der Waals surface area (Å²) in [6.07, 6.45) is 5.07. The Kier molecular flexibility index (Phi) is 3.74. The van der Waals surface area contributed by atoms with Gasteiger partial charge in [-0.3, -0.25) is 0 Å². The highest BCUT2D eigenvalue weighted by Crippen LogP contribution is 2.27. The van der Waals surface area contributed by atoms with E-state index in [2.05, 4.69) is 20.7 Å². The fourth-order valence-electron chi connectivity index (χ4n) is 2.75. The van der Waals surface area contributed by atoms with E-state index in [0.29, 0.717) is 12.2 Å². The Bertz CT molecular complexity index is 661. The fourth-order valence-corrected chi connectivity index (χ4v) is 2.75. The number of nitrogens with one attached hydrogen (secondary N) is 2.